The smallest absolute Gasteiger partial charge is 0.319 e. The standard InChI is InChI=1S/C15H16ClN3O2/c1-8-14(9(2)21-19-8)18-15(20)17-13-7-6-10-11(13)4-3-5-12(10)16/h3-5,13H,6-7H2,1-2H3,(H2,17,18,20). The number of anilines is 1. The molecule has 0 saturated carbocycles. The third-order valence-electron chi connectivity index (χ3n) is 3.79. The zero-order valence-electron chi connectivity index (χ0n) is 11.9. The molecular weight excluding hydrogens is 290 g/mol. The summed E-state index contributed by atoms with van der Waals surface area (Å²) >= 11 is 6.18. The van der Waals surface area contributed by atoms with E-state index in [1.54, 1.807) is 13.8 Å². The molecule has 0 aliphatic heterocycles. The van der Waals surface area contributed by atoms with Gasteiger partial charge < -0.3 is 15.2 Å². The lowest BCUT2D eigenvalue weighted by Gasteiger charge is -2.15. The summed E-state index contributed by atoms with van der Waals surface area (Å²) in [7, 11) is 0. The first-order valence-electron chi connectivity index (χ1n) is 6.84. The number of carbonyl (C=O) groups is 1. The Morgan fingerprint density at radius 3 is 2.95 bits per heavy atom. The van der Waals surface area contributed by atoms with Crippen LogP contribution in [0, 0.1) is 13.8 Å². The molecule has 1 aromatic carbocycles. The van der Waals surface area contributed by atoms with Crippen molar-refractivity contribution in [2.75, 3.05) is 5.32 Å². The molecule has 2 amide bonds. The van der Waals surface area contributed by atoms with Crippen LogP contribution < -0.4 is 10.6 Å². The van der Waals surface area contributed by atoms with E-state index < -0.39 is 0 Å². The molecule has 0 radical (unpaired) electrons. The van der Waals surface area contributed by atoms with Crippen LogP contribution in [0.3, 0.4) is 0 Å². The van der Waals surface area contributed by atoms with Crippen molar-refractivity contribution in [2.24, 2.45) is 0 Å². The third kappa shape index (κ3) is 2.61. The highest BCUT2D eigenvalue weighted by Crippen LogP contribution is 2.35. The average molecular weight is 306 g/mol. The van der Waals surface area contributed by atoms with Gasteiger partial charge in [0.15, 0.2) is 5.76 Å². The van der Waals surface area contributed by atoms with Crippen molar-refractivity contribution in [3.05, 3.63) is 45.8 Å². The van der Waals surface area contributed by atoms with Crippen molar-refractivity contribution < 1.29 is 9.32 Å². The van der Waals surface area contributed by atoms with E-state index in [1.807, 2.05) is 18.2 Å². The highest BCUT2D eigenvalue weighted by Gasteiger charge is 2.26. The van der Waals surface area contributed by atoms with E-state index >= 15 is 0 Å². The predicted octanol–water partition coefficient (Wildman–Crippen LogP) is 3.75. The number of hydrogen-bond acceptors (Lipinski definition) is 3. The average Bonchev–Trinajstić information content (AvgIpc) is 2.99. The molecule has 2 N–H and O–H groups in total. The number of amides is 2. The molecular formula is C15H16ClN3O2. The lowest BCUT2D eigenvalue weighted by Crippen LogP contribution is -2.31. The first-order valence-corrected chi connectivity index (χ1v) is 7.21. The molecule has 0 saturated heterocycles. The van der Waals surface area contributed by atoms with Crippen LogP contribution >= 0.6 is 11.6 Å². The molecule has 1 aliphatic rings. The maximum Gasteiger partial charge on any atom is 0.319 e. The van der Waals surface area contributed by atoms with Gasteiger partial charge in [-0.3, -0.25) is 0 Å². The van der Waals surface area contributed by atoms with Crippen LogP contribution in [0.15, 0.2) is 22.7 Å². The summed E-state index contributed by atoms with van der Waals surface area (Å²) in [5.74, 6) is 0.595. The van der Waals surface area contributed by atoms with E-state index in [1.165, 1.54) is 0 Å². The van der Waals surface area contributed by atoms with E-state index in [4.69, 9.17) is 16.1 Å². The summed E-state index contributed by atoms with van der Waals surface area (Å²) < 4.78 is 5.03. The van der Waals surface area contributed by atoms with Crippen molar-refractivity contribution in [1.82, 2.24) is 10.5 Å². The molecule has 1 heterocycles. The Bertz CT molecular complexity index is 677. The van der Waals surface area contributed by atoms with Crippen molar-refractivity contribution in [3.8, 4) is 0 Å². The summed E-state index contributed by atoms with van der Waals surface area (Å²) in [5, 5.41) is 10.3. The molecule has 0 bridgehead atoms. The number of hydrogen-bond donors (Lipinski definition) is 2. The second-order valence-corrected chi connectivity index (χ2v) is 5.60. The normalized spacial score (nSPS) is 16.6. The Morgan fingerprint density at radius 1 is 1.43 bits per heavy atom. The van der Waals surface area contributed by atoms with Gasteiger partial charge in [-0.1, -0.05) is 28.9 Å². The Kier molecular flexibility index (Phi) is 3.59. The summed E-state index contributed by atoms with van der Waals surface area (Å²) in [5.41, 5.74) is 3.51. The first-order chi connectivity index (χ1) is 10.1. The molecule has 3 rings (SSSR count). The van der Waals surface area contributed by atoms with Crippen LogP contribution in [-0.2, 0) is 6.42 Å². The zero-order valence-corrected chi connectivity index (χ0v) is 12.6. The van der Waals surface area contributed by atoms with Crippen molar-refractivity contribution in [2.45, 2.75) is 32.7 Å². The quantitative estimate of drug-likeness (QED) is 0.888. The Balaban J connectivity index is 1.72. The van der Waals surface area contributed by atoms with Gasteiger partial charge in [0.25, 0.3) is 0 Å². The SMILES string of the molecule is Cc1noc(C)c1NC(=O)NC1CCc2c(Cl)cccc21. The summed E-state index contributed by atoms with van der Waals surface area (Å²) in [6, 6.07) is 5.52. The number of nitrogens with one attached hydrogen (secondary N) is 2. The third-order valence-corrected chi connectivity index (χ3v) is 4.14. The van der Waals surface area contributed by atoms with Crippen molar-refractivity contribution in [3.63, 3.8) is 0 Å². The molecule has 0 fully saturated rings. The zero-order chi connectivity index (χ0) is 15.0. The Hall–Kier alpha value is -2.01. The number of nitrogens with zero attached hydrogens (tertiary/aromatic N) is 1. The molecule has 1 aromatic heterocycles. The Morgan fingerprint density at radius 2 is 2.24 bits per heavy atom. The number of halogens is 1. The van der Waals surface area contributed by atoms with E-state index in [0.717, 1.165) is 29.0 Å². The largest absolute Gasteiger partial charge is 0.359 e. The lowest BCUT2D eigenvalue weighted by molar-refractivity contribution is 0.248. The Labute approximate surface area is 127 Å². The molecule has 1 atom stereocenters. The summed E-state index contributed by atoms with van der Waals surface area (Å²) in [6.07, 6.45) is 1.74. The van der Waals surface area contributed by atoms with Crippen LogP contribution in [0.25, 0.3) is 0 Å². The van der Waals surface area contributed by atoms with Gasteiger partial charge in [-0.15, -0.1) is 0 Å². The van der Waals surface area contributed by atoms with Gasteiger partial charge in [0.1, 0.15) is 11.4 Å². The van der Waals surface area contributed by atoms with Crippen LogP contribution in [0.5, 0.6) is 0 Å². The molecule has 21 heavy (non-hydrogen) atoms. The van der Waals surface area contributed by atoms with Gasteiger partial charge in [0.2, 0.25) is 0 Å². The summed E-state index contributed by atoms with van der Waals surface area (Å²) in [4.78, 5) is 12.1. The minimum atomic E-state index is -0.262. The number of carbonyl (C=O) groups excluding carboxylic acids is 1. The molecule has 1 unspecified atom stereocenters. The van der Waals surface area contributed by atoms with Gasteiger partial charge in [-0.25, -0.2) is 4.79 Å². The number of urea groups is 1. The van der Waals surface area contributed by atoms with Crippen LogP contribution in [-0.4, -0.2) is 11.2 Å². The fraction of sp³-hybridized carbons (Fsp3) is 0.333. The fourth-order valence-corrected chi connectivity index (χ4v) is 3.01. The van der Waals surface area contributed by atoms with Crippen LogP contribution in [0.2, 0.25) is 5.02 Å². The number of rotatable bonds is 2. The van der Waals surface area contributed by atoms with Crippen molar-refractivity contribution in [1.29, 1.82) is 0 Å². The number of fused-ring (bicyclic) bond motifs is 1. The lowest BCUT2D eigenvalue weighted by atomic mass is 10.1. The van der Waals surface area contributed by atoms with Gasteiger partial charge in [0, 0.05) is 5.02 Å². The molecule has 1 aliphatic carbocycles. The highest BCUT2D eigenvalue weighted by molar-refractivity contribution is 6.31. The molecule has 6 heteroatoms. The van der Waals surface area contributed by atoms with Crippen molar-refractivity contribution >= 4 is 23.3 Å². The van der Waals surface area contributed by atoms with E-state index in [-0.39, 0.29) is 12.1 Å². The van der Waals surface area contributed by atoms with Crippen LogP contribution in [0.1, 0.15) is 35.0 Å². The minimum Gasteiger partial charge on any atom is -0.359 e. The van der Waals surface area contributed by atoms with E-state index in [2.05, 4.69) is 15.8 Å². The van der Waals surface area contributed by atoms with Gasteiger partial charge >= 0.3 is 6.03 Å². The van der Waals surface area contributed by atoms with Gasteiger partial charge in [0.05, 0.1) is 6.04 Å². The summed E-state index contributed by atoms with van der Waals surface area (Å²) in [6.45, 7) is 3.55. The predicted molar refractivity (Wildman–Crippen MR) is 80.6 cm³/mol. The monoisotopic (exact) mass is 305 g/mol. The minimum absolute atomic E-state index is 0.0147. The van der Waals surface area contributed by atoms with E-state index in [9.17, 15) is 4.79 Å². The molecule has 0 spiro atoms. The molecule has 2 aromatic rings. The number of aromatic nitrogens is 1. The maximum absolute atomic E-state index is 12.1. The molecule has 110 valence electrons. The van der Waals surface area contributed by atoms with Gasteiger partial charge in [-0.05, 0) is 43.9 Å². The van der Waals surface area contributed by atoms with E-state index in [0.29, 0.717) is 17.1 Å². The topological polar surface area (TPSA) is 67.2 Å². The van der Waals surface area contributed by atoms with Gasteiger partial charge in [-0.2, -0.15) is 0 Å². The number of benzene rings is 1. The fourth-order valence-electron chi connectivity index (χ4n) is 2.73. The van der Waals surface area contributed by atoms with Crippen LogP contribution in [0.4, 0.5) is 10.5 Å². The number of aryl methyl sites for hydroxylation is 2. The first kappa shape index (κ1) is 13.9. The second kappa shape index (κ2) is 5.41. The molecule has 5 nitrogen and oxygen atoms in total. The maximum atomic E-state index is 12.1. The second-order valence-electron chi connectivity index (χ2n) is 5.20. The highest BCUT2D eigenvalue weighted by atomic mass is 35.5.